The molecule has 1 saturated heterocycles. The maximum absolute atomic E-state index is 11.6. The van der Waals surface area contributed by atoms with Crippen LogP contribution in [0, 0.1) is 0 Å². The molecule has 0 saturated carbocycles. The Hall–Kier alpha value is -1.79. The number of aliphatic hydroxyl groups excluding tert-OH is 1. The first kappa shape index (κ1) is 16.6. The molecule has 2 atom stereocenters. The number of rotatable bonds is 6. The van der Waals surface area contributed by atoms with Crippen LogP contribution >= 0.6 is 0 Å². The first-order valence-corrected chi connectivity index (χ1v) is 7.43. The molecule has 1 N–H and O–H groups in total. The van der Waals surface area contributed by atoms with Crippen molar-refractivity contribution >= 4 is 5.97 Å². The smallest absolute Gasteiger partial charge is 0.339 e. The minimum absolute atomic E-state index is 0.125. The molecule has 6 nitrogen and oxygen atoms in total. The number of ether oxygens (including phenoxy) is 3. The van der Waals surface area contributed by atoms with E-state index in [2.05, 4.69) is 11.9 Å². The fourth-order valence-corrected chi connectivity index (χ4v) is 2.48. The zero-order chi connectivity index (χ0) is 16.1. The normalized spacial score (nSPS) is 19.7. The summed E-state index contributed by atoms with van der Waals surface area (Å²) in [6.07, 6.45) is -0.229. The van der Waals surface area contributed by atoms with Crippen molar-refractivity contribution in [2.24, 2.45) is 0 Å². The van der Waals surface area contributed by atoms with Gasteiger partial charge in [0.1, 0.15) is 6.10 Å². The van der Waals surface area contributed by atoms with Gasteiger partial charge < -0.3 is 24.2 Å². The molecule has 22 heavy (non-hydrogen) atoms. The molecule has 1 aromatic rings. The van der Waals surface area contributed by atoms with E-state index in [1.807, 2.05) is 0 Å². The van der Waals surface area contributed by atoms with E-state index in [0.29, 0.717) is 17.1 Å². The van der Waals surface area contributed by atoms with E-state index in [4.69, 9.17) is 14.2 Å². The number of aliphatic hydroxyl groups is 1. The van der Waals surface area contributed by atoms with Crippen molar-refractivity contribution in [3.8, 4) is 11.5 Å². The third-order valence-corrected chi connectivity index (χ3v) is 3.66. The van der Waals surface area contributed by atoms with Crippen molar-refractivity contribution in [3.05, 3.63) is 23.8 Å². The summed E-state index contributed by atoms with van der Waals surface area (Å²) in [6, 6.07) is 4.97. The second kappa shape index (κ2) is 7.47. The van der Waals surface area contributed by atoms with Gasteiger partial charge in [-0.3, -0.25) is 0 Å². The van der Waals surface area contributed by atoms with Gasteiger partial charge >= 0.3 is 5.97 Å². The molecule has 6 heteroatoms. The fourth-order valence-electron chi connectivity index (χ4n) is 2.48. The number of methoxy groups -OCH3 is 1. The molecule has 1 heterocycles. The maximum Gasteiger partial charge on any atom is 0.339 e. The number of likely N-dealkylation sites (tertiary alicyclic amines) is 1. The number of hydrogen-bond acceptors (Lipinski definition) is 6. The maximum atomic E-state index is 11.6. The first-order chi connectivity index (χ1) is 10.5. The molecule has 0 radical (unpaired) electrons. The van der Waals surface area contributed by atoms with E-state index in [0.717, 1.165) is 19.5 Å². The summed E-state index contributed by atoms with van der Waals surface area (Å²) in [5, 5.41) is 9.97. The van der Waals surface area contributed by atoms with E-state index in [1.165, 1.54) is 7.11 Å². The van der Waals surface area contributed by atoms with Crippen LogP contribution in [-0.2, 0) is 9.53 Å². The Morgan fingerprint density at radius 1 is 1.45 bits per heavy atom. The highest BCUT2D eigenvalue weighted by molar-refractivity contribution is 5.76. The molecule has 2 rings (SSSR count). The molecule has 0 aliphatic carbocycles. The van der Waals surface area contributed by atoms with Crippen LogP contribution in [0.4, 0.5) is 0 Å². The van der Waals surface area contributed by atoms with E-state index in [9.17, 15) is 9.90 Å². The highest BCUT2D eigenvalue weighted by Crippen LogP contribution is 2.32. The van der Waals surface area contributed by atoms with Crippen LogP contribution in [0.5, 0.6) is 11.5 Å². The van der Waals surface area contributed by atoms with Gasteiger partial charge in [0.15, 0.2) is 17.6 Å². The number of likely N-dealkylation sites (N-methyl/N-ethyl adjacent to an activating group) is 1. The summed E-state index contributed by atoms with van der Waals surface area (Å²) >= 11 is 0. The molecule has 1 aliphatic heterocycles. The number of carbonyl (C=O) groups is 1. The molecule has 1 fully saturated rings. The average molecular weight is 309 g/mol. The average Bonchev–Trinajstić information content (AvgIpc) is 2.92. The van der Waals surface area contributed by atoms with Gasteiger partial charge in [0, 0.05) is 13.1 Å². The van der Waals surface area contributed by atoms with Crippen molar-refractivity contribution < 1.29 is 24.1 Å². The standard InChI is InChI=1S/C16H23NO5/c1-4-21-16(19)15(18)11-5-6-13(14(9-11)20-3)22-12-7-8-17(2)10-12/h5-6,9,12,15,18H,4,7-8,10H2,1-3H3. The predicted molar refractivity (Wildman–Crippen MR) is 81.1 cm³/mol. The highest BCUT2D eigenvalue weighted by Gasteiger charge is 2.24. The molecule has 2 unspecified atom stereocenters. The zero-order valence-corrected chi connectivity index (χ0v) is 13.2. The van der Waals surface area contributed by atoms with Gasteiger partial charge in [0.25, 0.3) is 0 Å². The zero-order valence-electron chi connectivity index (χ0n) is 13.2. The molecule has 122 valence electrons. The lowest BCUT2D eigenvalue weighted by Gasteiger charge is -2.18. The summed E-state index contributed by atoms with van der Waals surface area (Å²) in [7, 11) is 3.59. The van der Waals surface area contributed by atoms with Crippen LogP contribution in [0.15, 0.2) is 18.2 Å². The van der Waals surface area contributed by atoms with Crippen LogP contribution in [0.25, 0.3) is 0 Å². The molecule has 1 aliphatic rings. The number of esters is 1. The largest absolute Gasteiger partial charge is 0.493 e. The topological polar surface area (TPSA) is 68.2 Å². The van der Waals surface area contributed by atoms with Gasteiger partial charge in [-0.05, 0) is 38.1 Å². The van der Waals surface area contributed by atoms with Crippen LogP contribution in [0.3, 0.4) is 0 Å². The lowest BCUT2D eigenvalue weighted by Crippen LogP contribution is -2.21. The second-order valence-corrected chi connectivity index (χ2v) is 5.36. The molecule has 1 aromatic carbocycles. The molecular weight excluding hydrogens is 286 g/mol. The highest BCUT2D eigenvalue weighted by atomic mass is 16.5. The van der Waals surface area contributed by atoms with E-state index < -0.39 is 12.1 Å². The van der Waals surface area contributed by atoms with E-state index in [-0.39, 0.29) is 12.7 Å². The SMILES string of the molecule is CCOC(=O)C(O)c1ccc(OC2CCN(C)C2)c(OC)c1. The van der Waals surface area contributed by atoms with Gasteiger partial charge in [-0.1, -0.05) is 6.07 Å². The fraction of sp³-hybridized carbons (Fsp3) is 0.562. The van der Waals surface area contributed by atoms with Crippen molar-refractivity contribution in [2.45, 2.75) is 25.6 Å². The quantitative estimate of drug-likeness (QED) is 0.801. The number of benzene rings is 1. The Labute approximate surface area is 130 Å². The number of nitrogens with zero attached hydrogens (tertiary/aromatic N) is 1. The van der Waals surface area contributed by atoms with Gasteiger partial charge in [-0.15, -0.1) is 0 Å². The molecule has 0 bridgehead atoms. The summed E-state index contributed by atoms with van der Waals surface area (Å²) in [5.41, 5.74) is 0.422. The van der Waals surface area contributed by atoms with Crippen molar-refractivity contribution in [2.75, 3.05) is 33.9 Å². The second-order valence-electron chi connectivity index (χ2n) is 5.36. The van der Waals surface area contributed by atoms with Crippen LogP contribution in [0.1, 0.15) is 25.0 Å². The van der Waals surface area contributed by atoms with Gasteiger partial charge in [-0.2, -0.15) is 0 Å². The summed E-state index contributed by atoms with van der Waals surface area (Å²) in [6.45, 7) is 3.80. The number of hydrogen-bond donors (Lipinski definition) is 1. The third kappa shape index (κ3) is 3.90. The minimum Gasteiger partial charge on any atom is -0.493 e. The van der Waals surface area contributed by atoms with E-state index >= 15 is 0 Å². The summed E-state index contributed by atoms with van der Waals surface area (Å²) in [5.74, 6) is 0.439. The molecule has 0 amide bonds. The lowest BCUT2D eigenvalue weighted by molar-refractivity contribution is -0.153. The Morgan fingerprint density at radius 3 is 2.82 bits per heavy atom. The van der Waals surface area contributed by atoms with Gasteiger partial charge in [0.2, 0.25) is 0 Å². The Morgan fingerprint density at radius 2 is 2.23 bits per heavy atom. The van der Waals surface area contributed by atoms with Crippen molar-refractivity contribution in [1.82, 2.24) is 4.90 Å². The predicted octanol–water partition coefficient (Wildman–Crippen LogP) is 1.37. The Balaban J connectivity index is 2.11. The van der Waals surface area contributed by atoms with Crippen LogP contribution < -0.4 is 9.47 Å². The Bertz CT molecular complexity index is 519. The third-order valence-electron chi connectivity index (χ3n) is 3.66. The summed E-state index contributed by atoms with van der Waals surface area (Å²) in [4.78, 5) is 13.8. The molecule has 0 spiro atoms. The van der Waals surface area contributed by atoms with Crippen LogP contribution in [-0.4, -0.2) is 55.9 Å². The van der Waals surface area contributed by atoms with E-state index in [1.54, 1.807) is 25.1 Å². The molecular formula is C16H23NO5. The lowest BCUT2D eigenvalue weighted by atomic mass is 10.1. The molecule has 0 aromatic heterocycles. The minimum atomic E-state index is -1.32. The van der Waals surface area contributed by atoms with Crippen molar-refractivity contribution in [1.29, 1.82) is 0 Å². The monoisotopic (exact) mass is 309 g/mol. The first-order valence-electron chi connectivity index (χ1n) is 7.43. The van der Waals surface area contributed by atoms with Crippen molar-refractivity contribution in [3.63, 3.8) is 0 Å². The van der Waals surface area contributed by atoms with Gasteiger partial charge in [-0.25, -0.2) is 4.79 Å². The number of carbonyl (C=O) groups excluding carboxylic acids is 1. The summed E-state index contributed by atoms with van der Waals surface area (Å²) < 4.78 is 16.1. The Kier molecular flexibility index (Phi) is 5.63. The van der Waals surface area contributed by atoms with Gasteiger partial charge in [0.05, 0.1) is 13.7 Å². The van der Waals surface area contributed by atoms with Crippen LogP contribution in [0.2, 0.25) is 0 Å².